The minimum Gasteiger partial charge on any atom is -0.0622 e. The highest BCUT2D eigenvalue weighted by Crippen LogP contribution is 2.41. The van der Waals surface area contributed by atoms with Crippen LogP contribution in [0.2, 0.25) is 0 Å². The third-order valence-electron chi connectivity index (χ3n) is 4.90. The van der Waals surface area contributed by atoms with E-state index in [9.17, 15) is 0 Å². The number of hydrogen-bond donors (Lipinski definition) is 0. The highest BCUT2D eigenvalue weighted by atomic mass is 14.2. The van der Waals surface area contributed by atoms with Crippen LogP contribution in [0.5, 0.6) is 0 Å². The van der Waals surface area contributed by atoms with Crippen LogP contribution in [-0.4, -0.2) is 0 Å². The Morgan fingerprint density at radius 3 is 2.09 bits per heavy atom. The van der Waals surface area contributed by atoms with Crippen LogP contribution in [0.4, 0.5) is 0 Å². The molecule has 0 heterocycles. The molecule has 0 fully saturated rings. The number of rotatable bonds is 1. The van der Waals surface area contributed by atoms with E-state index in [-0.39, 0.29) is 0 Å². The molecule has 0 spiro atoms. The molecule has 0 saturated heterocycles. The molecule has 0 saturated carbocycles. The molecule has 0 atom stereocenters. The van der Waals surface area contributed by atoms with Gasteiger partial charge in [-0.15, -0.1) is 0 Å². The van der Waals surface area contributed by atoms with Crippen molar-refractivity contribution >= 4 is 0 Å². The lowest BCUT2D eigenvalue weighted by Gasteiger charge is -2.06. The smallest absolute Gasteiger partial charge is 0.00132 e. The zero-order valence-electron chi connectivity index (χ0n) is 12.8. The lowest BCUT2D eigenvalue weighted by Crippen LogP contribution is -1.83. The maximum Gasteiger partial charge on any atom is -0.00132 e. The van der Waals surface area contributed by atoms with E-state index in [0.717, 1.165) is 6.42 Å². The molecule has 2 aromatic rings. The van der Waals surface area contributed by atoms with E-state index in [1.165, 1.54) is 44.5 Å². The molecule has 0 radical (unpaired) electrons. The lowest BCUT2D eigenvalue weighted by molar-refractivity contribution is 1.26. The largest absolute Gasteiger partial charge is 0.0622 e. The zero-order valence-corrected chi connectivity index (χ0v) is 12.8. The van der Waals surface area contributed by atoms with Gasteiger partial charge >= 0.3 is 0 Å². The monoisotopic (exact) mass is 292 g/mol. The second-order valence-electron chi connectivity index (χ2n) is 6.23. The maximum absolute atomic E-state index is 2.37. The summed E-state index contributed by atoms with van der Waals surface area (Å²) < 4.78 is 0. The Labute approximate surface area is 136 Å². The van der Waals surface area contributed by atoms with Crippen molar-refractivity contribution < 1.29 is 0 Å². The SMILES string of the molecule is c1ccc2ccc(-c3ccc4c(c3)Cc3ccccc3-4)c-2cc1. The lowest BCUT2D eigenvalue weighted by atomic mass is 9.98. The Balaban J connectivity index is 1.65. The van der Waals surface area contributed by atoms with Crippen LogP contribution in [0.15, 0.2) is 84.9 Å². The summed E-state index contributed by atoms with van der Waals surface area (Å²) in [7, 11) is 0. The van der Waals surface area contributed by atoms with Gasteiger partial charge < -0.3 is 0 Å². The summed E-state index contributed by atoms with van der Waals surface area (Å²) in [4.78, 5) is 0. The summed E-state index contributed by atoms with van der Waals surface area (Å²) in [5, 5.41) is 0. The van der Waals surface area contributed by atoms with E-state index in [4.69, 9.17) is 0 Å². The van der Waals surface area contributed by atoms with Crippen LogP contribution in [-0.2, 0) is 6.42 Å². The predicted molar refractivity (Wildman–Crippen MR) is 96.7 cm³/mol. The van der Waals surface area contributed by atoms with Crippen molar-refractivity contribution in [2.75, 3.05) is 0 Å². The van der Waals surface area contributed by atoms with E-state index < -0.39 is 0 Å². The molecule has 108 valence electrons. The van der Waals surface area contributed by atoms with Crippen LogP contribution in [0.25, 0.3) is 33.4 Å². The molecular weight excluding hydrogens is 276 g/mol. The first-order chi connectivity index (χ1) is 11.4. The van der Waals surface area contributed by atoms with Crippen LogP contribution in [0.1, 0.15) is 11.1 Å². The Morgan fingerprint density at radius 2 is 1.09 bits per heavy atom. The van der Waals surface area contributed by atoms with Gasteiger partial charge in [0.05, 0.1) is 0 Å². The highest BCUT2D eigenvalue weighted by molar-refractivity contribution is 5.88. The number of benzene rings is 2. The third-order valence-corrected chi connectivity index (χ3v) is 4.90. The average molecular weight is 292 g/mol. The van der Waals surface area contributed by atoms with Crippen molar-refractivity contribution in [1.82, 2.24) is 0 Å². The molecular formula is C23H16. The fraction of sp³-hybridized carbons (Fsp3) is 0.0435. The van der Waals surface area contributed by atoms with Crippen molar-refractivity contribution in [2.45, 2.75) is 6.42 Å². The Kier molecular flexibility index (Phi) is 2.65. The summed E-state index contributed by atoms with van der Waals surface area (Å²) >= 11 is 0. The van der Waals surface area contributed by atoms with Crippen LogP contribution in [0, 0.1) is 0 Å². The summed E-state index contributed by atoms with van der Waals surface area (Å²) in [6.45, 7) is 0. The fourth-order valence-corrected chi connectivity index (χ4v) is 3.78. The molecule has 0 amide bonds. The van der Waals surface area contributed by atoms with Crippen molar-refractivity contribution in [3.63, 3.8) is 0 Å². The second kappa shape index (κ2) is 4.82. The zero-order chi connectivity index (χ0) is 15.2. The van der Waals surface area contributed by atoms with E-state index in [0.29, 0.717) is 0 Å². The summed E-state index contributed by atoms with van der Waals surface area (Å²) in [5.41, 5.74) is 10.9. The van der Waals surface area contributed by atoms with Gasteiger partial charge in [-0.1, -0.05) is 84.9 Å². The standard InChI is InChI=1S/C23H16/c1-2-6-16-10-12-22(20(16)8-3-1)18-11-13-23-19(15-18)14-17-7-4-5-9-21(17)23/h1-13,15H,14H2. The Morgan fingerprint density at radius 1 is 0.435 bits per heavy atom. The molecule has 5 rings (SSSR count). The fourth-order valence-electron chi connectivity index (χ4n) is 3.78. The third kappa shape index (κ3) is 1.92. The van der Waals surface area contributed by atoms with Crippen LogP contribution >= 0.6 is 0 Å². The first kappa shape index (κ1) is 12.7. The van der Waals surface area contributed by atoms with Gasteiger partial charge in [-0.2, -0.15) is 0 Å². The van der Waals surface area contributed by atoms with Gasteiger partial charge in [-0.05, 0) is 50.9 Å². The van der Waals surface area contributed by atoms with Gasteiger partial charge in [0.2, 0.25) is 0 Å². The quantitative estimate of drug-likeness (QED) is 0.354. The van der Waals surface area contributed by atoms with Crippen molar-refractivity contribution in [2.24, 2.45) is 0 Å². The molecule has 23 heavy (non-hydrogen) atoms. The molecule has 3 aliphatic rings. The topological polar surface area (TPSA) is 0 Å². The van der Waals surface area contributed by atoms with E-state index >= 15 is 0 Å². The molecule has 0 unspecified atom stereocenters. The first-order valence-corrected chi connectivity index (χ1v) is 8.09. The predicted octanol–water partition coefficient (Wildman–Crippen LogP) is 6.03. The van der Waals surface area contributed by atoms with Gasteiger partial charge in [0.1, 0.15) is 0 Å². The van der Waals surface area contributed by atoms with Crippen molar-refractivity contribution in [3.8, 4) is 33.4 Å². The minimum absolute atomic E-state index is 1.05. The van der Waals surface area contributed by atoms with E-state index in [1.54, 1.807) is 0 Å². The van der Waals surface area contributed by atoms with Gasteiger partial charge in [0.25, 0.3) is 0 Å². The Bertz CT molecular complexity index is 994. The highest BCUT2D eigenvalue weighted by Gasteiger charge is 2.19. The maximum atomic E-state index is 2.37. The molecule has 2 aromatic carbocycles. The molecule has 0 N–H and O–H groups in total. The van der Waals surface area contributed by atoms with Crippen LogP contribution in [0.3, 0.4) is 0 Å². The Hall–Kier alpha value is -2.86. The number of fused-ring (bicyclic) bond motifs is 4. The molecule has 0 heteroatoms. The normalized spacial score (nSPS) is 12.2. The molecule has 0 aromatic heterocycles. The van der Waals surface area contributed by atoms with Gasteiger partial charge in [0.15, 0.2) is 0 Å². The average Bonchev–Trinajstić information content (AvgIpc) is 3.07. The summed E-state index contributed by atoms with van der Waals surface area (Å²) in [6, 6.07) is 30.8. The molecule has 0 nitrogen and oxygen atoms in total. The van der Waals surface area contributed by atoms with Gasteiger partial charge in [-0.3, -0.25) is 0 Å². The van der Waals surface area contributed by atoms with Gasteiger partial charge in [-0.25, -0.2) is 0 Å². The summed E-state index contributed by atoms with van der Waals surface area (Å²) in [5.74, 6) is 0. The molecule has 0 bridgehead atoms. The van der Waals surface area contributed by atoms with E-state index in [1.807, 2.05) is 0 Å². The van der Waals surface area contributed by atoms with Crippen LogP contribution < -0.4 is 0 Å². The second-order valence-corrected chi connectivity index (χ2v) is 6.23. The van der Waals surface area contributed by atoms with E-state index in [2.05, 4.69) is 84.9 Å². The van der Waals surface area contributed by atoms with Crippen molar-refractivity contribution in [3.05, 3.63) is 96.1 Å². The molecule has 0 aliphatic heterocycles. The first-order valence-electron chi connectivity index (χ1n) is 8.09. The molecule has 3 aliphatic carbocycles. The summed E-state index contributed by atoms with van der Waals surface area (Å²) in [6.07, 6.45) is 1.05. The van der Waals surface area contributed by atoms with Crippen molar-refractivity contribution in [1.29, 1.82) is 0 Å². The van der Waals surface area contributed by atoms with Gasteiger partial charge in [0, 0.05) is 0 Å². The number of hydrogen-bond acceptors (Lipinski definition) is 0. The minimum atomic E-state index is 1.05.